The molecule has 6 nitrogen and oxygen atoms in total. The van der Waals surface area contributed by atoms with Gasteiger partial charge in [0.2, 0.25) is 0 Å². The van der Waals surface area contributed by atoms with E-state index < -0.39 is 12.8 Å². The number of fused-ring (bicyclic) bond motifs is 1. The highest BCUT2D eigenvalue weighted by molar-refractivity contribution is 7.71. The number of aromatic nitrogens is 2. The lowest BCUT2D eigenvalue weighted by Gasteiger charge is -2.10. The Morgan fingerprint density at radius 1 is 1.23 bits per heavy atom. The van der Waals surface area contributed by atoms with E-state index in [1.807, 2.05) is 0 Å². The molecule has 2 aromatic carbocycles. The molecule has 3 aromatic rings. The lowest BCUT2D eigenvalue weighted by atomic mass is 10.1. The van der Waals surface area contributed by atoms with E-state index in [1.54, 1.807) is 24.3 Å². The monoisotopic (exact) mass is 449 g/mol. The van der Waals surface area contributed by atoms with Gasteiger partial charge in [0, 0.05) is 18.7 Å². The molecule has 0 spiro atoms. The number of nitrogens with one attached hydrogen (secondary N) is 2. The van der Waals surface area contributed by atoms with Crippen LogP contribution in [-0.2, 0) is 13.1 Å². The van der Waals surface area contributed by atoms with Crippen LogP contribution in [0, 0.1) is 4.77 Å². The summed E-state index contributed by atoms with van der Waals surface area (Å²) in [6, 6.07) is 10.5. The Kier molecular flexibility index (Phi) is 6.59. The number of hydrogen-bond donors (Lipinski definition) is 2. The van der Waals surface area contributed by atoms with E-state index in [2.05, 4.69) is 21.6 Å². The maximum atomic E-state index is 12.5. The number of aromatic amines is 1. The van der Waals surface area contributed by atoms with Crippen LogP contribution < -0.4 is 15.6 Å². The van der Waals surface area contributed by atoms with Crippen molar-refractivity contribution in [3.05, 3.63) is 81.4 Å². The molecule has 31 heavy (non-hydrogen) atoms. The topological polar surface area (TPSA) is 76.1 Å². The van der Waals surface area contributed by atoms with Gasteiger partial charge in [-0.15, -0.1) is 6.58 Å². The maximum Gasteiger partial charge on any atom is 0.422 e. The molecule has 2 N–H and O–H groups in total. The Hall–Kier alpha value is -3.40. The van der Waals surface area contributed by atoms with E-state index in [0.717, 1.165) is 0 Å². The summed E-state index contributed by atoms with van der Waals surface area (Å²) >= 11 is 5.19. The Labute approximate surface area is 180 Å². The Balaban J connectivity index is 1.69. The van der Waals surface area contributed by atoms with Crippen LogP contribution in [0.1, 0.15) is 15.9 Å². The van der Waals surface area contributed by atoms with E-state index in [9.17, 15) is 22.8 Å². The van der Waals surface area contributed by atoms with E-state index >= 15 is 0 Å². The zero-order valence-electron chi connectivity index (χ0n) is 16.2. The molecule has 0 aliphatic heterocycles. The molecular weight excluding hydrogens is 431 g/mol. The number of carbonyl (C=O) groups is 1. The second-order valence-corrected chi connectivity index (χ2v) is 7.01. The molecular formula is C21H18F3N3O3S. The molecule has 162 valence electrons. The quantitative estimate of drug-likeness (QED) is 0.420. The number of allylic oxidation sites excluding steroid dienone is 1. The zero-order chi connectivity index (χ0) is 22.6. The summed E-state index contributed by atoms with van der Waals surface area (Å²) in [5.41, 5.74) is 1.16. The molecule has 0 fully saturated rings. The second-order valence-electron chi connectivity index (χ2n) is 6.63. The standard InChI is InChI=1S/C21H18F3N3O3S/c1-2-9-27-19(29)16-8-5-14(10-17(16)26-20(27)31)18(28)25-11-13-3-6-15(7-4-13)30-12-21(22,23)24/h2-8,10H,1,9,11-12H2,(H,25,28)(H,26,31). The van der Waals surface area contributed by atoms with Crippen molar-refractivity contribution in [2.24, 2.45) is 0 Å². The summed E-state index contributed by atoms with van der Waals surface area (Å²) in [5, 5.41) is 3.11. The predicted molar refractivity (Wildman–Crippen MR) is 113 cm³/mol. The average molecular weight is 449 g/mol. The molecule has 10 heteroatoms. The molecule has 0 atom stereocenters. The van der Waals surface area contributed by atoms with Crippen molar-refractivity contribution in [2.75, 3.05) is 6.61 Å². The molecule has 0 bridgehead atoms. The van der Waals surface area contributed by atoms with Crippen molar-refractivity contribution in [3.63, 3.8) is 0 Å². The molecule has 1 amide bonds. The minimum Gasteiger partial charge on any atom is -0.484 e. The maximum absolute atomic E-state index is 12.5. The van der Waals surface area contributed by atoms with Gasteiger partial charge in [0.15, 0.2) is 11.4 Å². The first-order valence-corrected chi connectivity index (χ1v) is 9.53. The number of ether oxygens (including phenoxy) is 1. The van der Waals surface area contributed by atoms with Crippen molar-refractivity contribution < 1.29 is 22.7 Å². The van der Waals surface area contributed by atoms with Crippen LogP contribution in [0.2, 0.25) is 0 Å². The number of benzene rings is 2. The lowest BCUT2D eigenvalue weighted by molar-refractivity contribution is -0.153. The minimum absolute atomic E-state index is 0.0827. The third kappa shape index (κ3) is 5.60. The normalized spacial score (nSPS) is 11.3. The van der Waals surface area contributed by atoms with Crippen LogP contribution in [-0.4, -0.2) is 28.2 Å². The number of alkyl halides is 3. The van der Waals surface area contributed by atoms with Crippen molar-refractivity contribution >= 4 is 29.0 Å². The third-order valence-electron chi connectivity index (χ3n) is 4.33. The van der Waals surface area contributed by atoms with Crippen LogP contribution in [0.15, 0.2) is 59.9 Å². The van der Waals surface area contributed by atoms with Crippen LogP contribution in [0.3, 0.4) is 0 Å². The molecule has 0 saturated heterocycles. The highest BCUT2D eigenvalue weighted by atomic mass is 32.1. The molecule has 0 radical (unpaired) electrons. The summed E-state index contributed by atoms with van der Waals surface area (Å²) in [6.07, 6.45) is -2.84. The van der Waals surface area contributed by atoms with Crippen molar-refractivity contribution in [2.45, 2.75) is 19.3 Å². The number of nitrogens with zero attached hydrogens (tertiary/aromatic N) is 1. The fraction of sp³-hybridized carbons (Fsp3) is 0.190. The summed E-state index contributed by atoms with van der Waals surface area (Å²) in [4.78, 5) is 27.9. The molecule has 1 heterocycles. The van der Waals surface area contributed by atoms with Gasteiger partial charge in [-0.05, 0) is 48.1 Å². The smallest absolute Gasteiger partial charge is 0.422 e. The molecule has 0 saturated carbocycles. The number of carbonyl (C=O) groups excluding carboxylic acids is 1. The summed E-state index contributed by atoms with van der Waals surface area (Å²) in [5.74, 6) is -0.298. The highest BCUT2D eigenvalue weighted by Crippen LogP contribution is 2.19. The van der Waals surface area contributed by atoms with Gasteiger partial charge >= 0.3 is 6.18 Å². The number of halogens is 3. The van der Waals surface area contributed by atoms with Crippen molar-refractivity contribution in [1.82, 2.24) is 14.9 Å². The second kappa shape index (κ2) is 9.17. The lowest BCUT2D eigenvalue weighted by Crippen LogP contribution is -2.24. The summed E-state index contributed by atoms with van der Waals surface area (Å²) in [7, 11) is 0. The van der Waals surface area contributed by atoms with E-state index in [-0.39, 0.29) is 35.1 Å². The number of amides is 1. The van der Waals surface area contributed by atoms with Crippen LogP contribution in [0.4, 0.5) is 13.2 Å². The fourth-order valence-electron chi connectivity index (χ4n) is 2.84. The first-order chi connectivity index (χ1) is 14.7. The molecule has 3 rings (SSSR count). The summed E-state index contributed by atoms with van der Waals surface area (Å²) < 4.78 is 42.8. The highest BCUT2D eigenvalue weighted by Gasteiger charge is 2.28. The van der Waals surface area contributed by atoms with Gasteiger partial charge in [-0.3, -0.25) is 14.2 Å². The first kappa shape index (κ1) is 22.3. The average Bonchev–Trinajstić information content (AvgIpc) is 2.73. The summed E-state index contributed by atoms with van der Waals surface area (Å²) in [6.45, 7) is 2.66. The SMILES string of the molecule is C=CCn1c(=S)[nH]c2cc(C(=O)NCc3ccc(OCC(F)(F)F)cc3)ccc2c1=O. The van der Waals surface area contributed by atoms with Gasteiger partial charge in [0.25, 0.3) is 11.5 Å². The van der Waals surface area contributed by atoms with Crippen molar-refractivity contribution in [3.8, 4) is 5.75 Å². The fourth-order valence-corrected chi connectivity index (χ4v) is 3.11. The molecule has 0 aliphatic rings. The van der Waals surface area contributed by atoms with E-state index in [4.69, 9.17) is 12.2 Å². The van der Waals surface area contributed by atoms with E-state index in [0.29, 0.717) is 22.0 Å². The predicted octanol–water partition coefficient (Wildman–Crippen LogP) is 4.12. The van der Waals surface area contributed by atoms with Crippen molar-refractivity contribution in [1.29, 1.82) is 0 Å². The Morgan fingerprint density at radius 2 is 1.94 bits per heavy atom. The Bertz CT molecular complexity index is 1230. The largest absolute Gasteiger partial charge is 0.484 e. The number of rotatable bonds is 7. The van der Waals surface area contributed by atoms with Gasteiger partial charge < -0.3 is 15.0 Å². The molecule has 0 aliphatic carbocycles. The van der Waals surface area contributed by atoms with Crippen LogP contribution >= 0.6 is 12.2 Å². The van der Waals surface area contributed by atoms with E-state index in [1.165, 1.54) is 28.8 Å². The van der Waals surface area contributed by atoms with Crippen LogP contribution in [0.5, 0.6) is 5.75 Å². The van der Waals surface area contributed by atoms with Gasteiger partial charge in [-0.25, -0.2) is 0 Å². The van der Waals surface area contributed by atoms with Gasteiger partial charge in [-0.1, -0.05) is 18.2 Å². The minimum atomic E-state index is -4.41. The third-order valence-corrected chi connectivity index (χ3v) is 4.66. The first-order valence-electron chi connectivity index (χ1n) is 9.12. The van der Waals surface area contributed by atoms with Gasteiger partial charge in [0.05, 0.1) is 10.9 Å². The number of hydrogen-bond acceptors (Lipinski definition) is 4. The molecule has 0 unspecified atom stereocenters. The zero-order valence-corrected chi connectivity index (χ0v) is 17.0. The number of H-pyrrole nitrogens is 1. The van der Waals surface area contributed by atoms with Gasteiger partial charge in [-0.2, -0.15) is 13.2 Å². The van der Waals surface area contributed by atoms with Crippen LogP contribution in [0.25, 0.3) is 10.9 Å². The molecule has 1 aromatic heterocycles. The van der Waals surface area contributed by atoms with Gasteiger partial charge in [0.1, 0.15) is 5.75 Å². The Morgan fingerprint density at radius 3 is 2.58 bits per heavy atom.